The molecule has 0 radical (unpaired) electrons. The van der Waals surface area contributed by atoms with Crippen molar-refractivity contribution in [1.82, 2.24) is 0 Å². The number of benzene rings is 2. The van der Waals surface area contributed by atoms with Crippen molar-refractivity contribution in [2.24, 2.45) is 0 Å². The first-order valence-electron chi connectivity index (χ1n) is 6.26. The van der Waals surface area contributed by atoms with E-state index >= 15 is 0 Å². The van der Waals surface area contributed by atoms with E-state index < -0.39 is 12.1 Å². The number of carbonyl (C=O) groups excluding carboxylic acids is 2. The van der Waals surface area contributed by atoms with Crippen LogP contribution in [-0.2, 0) is 9.59 Å². The molecule has 0 spiro atoms. The van der Waals surface area contributed by atoms with Gasteiger partial charge in [-0.15, -0.1) is 0 Å². The van der Waals surface area contributed by atoms with Crippen molar-refractivity contribution in [3.63, 3.8) is 0 Å². The van der Waals surface area contributed by atoms with E-state index in [9.17, 15) is 9.59 Å². The van der Waals surface area contributed by atoms with Crippen LogP contribution in [0.3, 0.4) is 0 Å². The second-order valence-electron chi connectivity index (χ2n) is 4.51. The Kier molecular flexibility index (Phi) is 5.87. The number of hydrogen-bond acceptors (Lipinski definition) is 4. The van der Waals surface area contributed by atoms with E-state index in [-0.39, 0.29) is 5.78 Å². The highest BCUT2D eigenvalue weighted by molar-refractivity contribution is 5.85. The molecule has 0 heterocycles. The lowest BCUT2D eigenvalue weighted by atomic mass is 10.1. The molecule has 1 N–H and O–H groups in total. The fourth-order valence-corrected chi connectivity index (χ4v) is 1.43. The van der Waals surface area contributed by atoms with Crippen LogP contribution >= 0.6 is 0 Å². The molecule has 2 rings (SSSR count). The quantitative estimate of drug-likeness (QED) is 0.675. The van der Waals surface area contributed by atoms with Crippen LogP contribution in [0.2, 0.25) is 0 Å². The van der Waals surface area contributed by atoms with Gasteiger partial charge >= 0.3 is 5.97 Å². The summed E-state index contributed by atoms with van der Waals surface area (Å²) >= 11 is 0. The Morgan fingerprint density at radius 2 is 1.60 bits per heavy atom. The molecule has 0 bridgehead atoms. The number of carbonyl (C=O) groups is 2. The molecular formula is C16H18O4. The lowest BCUT2D eigenvalue weighted by Gasteiger charge is -2.06. The molecule has 0 aromatic heterocycles. The van der Waals surface area contributed by atoms with Crippen molar-refractivity contribution >= 4 is 22.5 Å². The van der Waals surface area contributed by atoms with Gasteiger partial charge in [0.2, 0.25) is 0 Å². The van der Waals surface area contributed by atoms with Crippen LogP contribution < -0.4 is 4.74 Å². The highest BCUT2D eigenvalue weighted by atomic mass is 16.5. The van der Waals surface area contributed by atoms with Gasteiger partial charge in [-0.05, 0) is 43.7 Å². The number of aliphatic hydroxyl groups is 1. The molecule has 0 aliphatic carbocycles. The van der Waals surface area contributed by atoms with Gasteiger partial charge in [0.25, 0.3) is 0 Å². The fraction of sp³-hybridized carbons (Fsp3) is 0.250. The van der Waals surface area contributed by atoms with Crippen molar-refractivity contribution in [3.8, 4) is 5.75 Å². The summed E-state index contributed by atoms with van der Waals surface area (Å²) in [5.74, 6) is -0.0279. The van der Waals surface area contributed by atoms with Crippen molar-refractivity contribution in [2.45, 2.75) is 26.9 Å². The highest BCUT2D eigenvalue weighted by Gasteiger charge is 2.11. The summed E-state index contributed by atoms with van der Waals surface area (Å²) in [4.78, 5) is 20.6. The molecule has 0 fully saturated rings. The predicted octanol–water partition coefficient (Wildman–Crippen LogP) is 2.72. The molecule has 0 saturated carbocycles. The number of ketones is 1. The molecule has 4 heteroatoms. The molecule has 1 unspecified atom stereocenters. The Balaban J connectivity index is 0.000000444. The van der Waals surface area contributed by atoms with E-state index in [1.54, 1.807) is 12.1 Å². The first kappa shape index (κ1) is 15.9. The molecule has 0 amide bonds. The number of rotatable bonds is 2. The van der Waals surface area contributed by atoms with E-state index in [0.29, 0.717) is 5.75 Å². The van der Waals surface area contributed by atoms with Crippen molar-refractivity contribution in [2.75, 3.05) is 0 Å². The lowest BCUT2D eigenvalue weighted by Crippen LogP contribution is -2.22. The van der Waals surface area contributed by atoms with Crippen molar-refractivity contribution in [1.29, 1.82) is 0 Å². The fourth-order valence-electron chi connectivity index (χ4n) is 1.43. The number of Topliss-reactive ketones (excluding diaryl/α,β-unsaturated/α-hetero) is 1. The molecule has 1 atom stereocenters. The Labute approximate surface area is 118 Å². The second kappa shape index (κ2) is 7.40. The monoisotopic (exact) mass is 274 g/mol. The number of fused-ring (bicyclic) bond motifs is 1. The van der Waals surface area contributed by atoms with Gasteiger partial charge in [-0.3, -0.25) is 0 Å². The summed E-state index contributed by atoms with van der Waals surface area (Å²) in [7, 11) is 0. The van der Waals surface area contributed by atoms with Crippen LogP contribution in [0.25, 0.3) is 10.8 Å². The molecule has 0 aliphatic heterocycles. The first-order chi connectivity index (χ1) is 9.40. The van der Waals surface area contributed by atoms with Crippen LogP contribution in [-0.4, -0.2) is 23.0 Å². The number of hydrogen-bond donors (Lipinski definition) is 1. The molecule has 2 aromatic rings. The predicted molar refractivity (Wildman–Crippen MR) is 77.6 cm³/mol. The standard InChI is InChI=1S/C13H12O3.C3H6O/c1-9(14)13(15)16-12-7-6-10-4-2-3-5-11(10)8-12;1-3(2)4/h2-9,14H,1H3;1-2H3. The van der Waals surface area contributed by atoms with Crippen molar-refractivity contribution in [3.05, 3.63) is 42.5 Å². The minimum absolute atomic E-state index is 0.167. The maximum absolute atomic E-state index is 11.2. The topological polar surface area (TPSA) is 63.6 Å². The summed E-state index contributed by atoms with van der Waals surface area (Å²) < 4.78 is 4.99. The third-order valence-electron chi connectivity index (χ3n) is 2.28. The molecule has 2 aromatic carbocycles. The molecule has 4 nitrogen and oxygen atoms in total. The van der Waals surface area contributed by atoms with Gasteiger partial charge in [0.05, 0.1) is 0 Å². The molecular weight excluding hydrogens is 256 g/mol. The van der Waals surface area contributed by atoms with E-state index in [0.717, 1.165) is 10.8 Å². The lowest BCUT2D eigenvalue weighted by molar-refractivity contribution is -0.142. The van der Waals surface area contributed by atoms with E-state index in [2.05, 4.69) is 0 Å². The first-order valence-corrected chi connectivity index (χ1v) is 6.26. The Morgan fingerprint density at radius 1 is 1.05 bits per heavy atom. The maximum Gasteiger partial charge on any atom is 0.340 e. The second-order valence-corrected chi connectivity index (χ2v) is 4.51. The van der Waals surface area contributed by atoms with Crippen LogP contribution in [0.15, 0.2) is 42.5 Å². The normalized spacial score (nSPS) is 11.2. The van der Waals surface area contributed by atoms with E-state index in [1.165, 1.54) is 20.8 Å². The third kappa shape index (κ3) is 5.20. The molecule has 0 aliphatic rings. The highest BCUT2D eigenvalue weighted by Crippen LogP contribution is 2.20. The summed E-state index contributed by atoms with van der Waals surface area (Å²) in [6, 6.07) is 13.1. The van der Waals surface area contributed by atoms with Gasteiger partial charge in [-0.25, -0.2) is 4.79 Å². The van der Waals surface area contributed by atoms with Crippen LogP contribution in [0.4, 0.5) is 0 Å². The van der Waals surface area contributed by atoms with Gasteiger partial charge < -0.3 is 14.6 Å². The maximum atomic E-state index is 11.2. The minimum Gasteiger partial charge on any atom is -0.425 e. The van der Waals surface area contributed by atoms with Gasteiger partial charge in [0, 0.05) is 0 Å². The number of ether oxygens (including phenoxy) is 1. The average molecular weight is 274 g/mol. The smallest absolute Gasteiger partial charge is 0.340 e. The number of esters is 1. The Morgan fingerprint density at radius 3 is 2.15 bits per heavy atom. The minimum atomic E-state index is -1.11. The van der Waals surface area contributed by atoms with Crippen LogP contribution in [0.5, 0.6) is 5.75 Å². The molecule has 106 valence electrons. The molecule has 20 heavy (non-hydrogen) atoms. The van der Waals surface area contributed by atoms with Gasteiger partial charge in [0.1, 0.15) is 17.6 Å². The van der Waals surface area contributed by atoms with E-state index in [4.69, 9.17) is 9.84 Å². The zero-order valence-electron chi connectivity index (χ0n) is 11.8. The zero-order valence-corrected chi connectivity index (χ0v) is 11.8. The van der Waals surface area contributed by atoms with Crippen molar-refractivity contribution < 1.29 is 19.4 Å². The van der Waals surface area contributed by atoms with Crippen LogP contribution in [0.1, 0.15) is 20.8 Å². The molecule has 0 saturated heterocycles. The summed E-state index contributed by atoms with van der Waals surface area (Å²) in [6.45, 7) is 4.43. The third-order valence-corrected chi connectivity index (χ3v) is 2.28. The average Bonchev–Trinajstić information content (AvgIpc) is 2.37. The Bertz CT molecular complexity index is 598. The van der Waals surface area contributed by atoms with E-state index in [1.807, 2.05) is 30.3 Å². The van der Waals surface area contributed by atoms with Gasteiger partial charge in [-0.2, -0.15) is 0 Å². The summed E-state index contributed by atoms with van der Waals surface area (Å²) in [6.07, 6.45) is -1.11. The van der Waals surface area contributed by atoms with Gasteiger partial charge in [-0.1, -0.05) is 30.3 Å². The SMILES string of the molecule is CC(C)=O.CC(O)C(=O)Oc1ccc2ccccc2c1. The zero-order chi connectivity index (χ0) is 15.1. The largest absolute Gasteiger partial charge is 0.425 e. The van der Waals surface area contributed by atoms with Crippen LogP contribution in [0, 0.1) is 0 Å². The number of aliphatic hydroxyl groups excluding tert-OH is 1. The van der Waals surface area contributed by atoms with Gasteiger partial charge in [0.15, 0.2) is 0 Å². The summed E-state index contributed by atoms with van der Waals surface area (Å²) in [5.41, 5.74) is 0. The Hall–Kier alpha value is -2.20. The summed E-state index contributed by atoms with van der Waals surface area (Å²) in [5, 5.41) is 11.1.